The lowest BCUT2D eigenvalue weighted by Gasteiger charge is -2.64. The summed E-state index contributed by atoms with van der Waals surface area (Å²) in [6.07, 6.45) is -5.04. The van der Waals surface area contributed by atoms with Gasteiger partial charge in [0.05, 0.1) is 29.6 Å². The third-order valence-corrected chi connectivity index (χ3v) is 29.7. The van der Waals surface area contributed by atoms with Crippen molar-refractivity contribution in [1.29, 1.82) is 0 Å². The van der Waals surface area contributed by atoms with Crippen LogP contribution in [0.4, 0.5) is 4.79 Å². The van der Waals surface area contributed by atoms with Crippen molar-refractivity contribution in [2.45, 2.75) is 213 Å². The molecule has 0 radical (unpaired) electrons. The highest BCUT2D eigenvalue weighted by molar-refractivity contribution is 6.74. The van der Waals surface area contributed by atoms with Gasteiger partial charge in [-0.05, 0) is 86.3 Å². The van der Waals surface area contributed by atoms with Crippen molar-refractivity contribution in [3.05, 3.63) is 11.1 Å². The molecule has 2 saturated carbocycles. The molecular formula is C41H74O10Si3. The number of esters is 1. The number of hydrogen-bond acceptors (Lipinski definition) is 10. The predicted molar refractivity (Wildman–Crippen MR) is 219 cm³/mol. The molecule has 1 N–H and O–H groups in total. The van der Waals surface area contributed by atoms with Gasteiger partial charge < -0.3 is 32.6 Å². The van der Waals surface area contributed by atoms with E-state index in [0.717, 1.165) is 65.5 Å². The maximum atomic E-state index is 16.4. The fourth-order valence-corrected chi connectivity index (χ4v) is 19.8. The lowest BCUT2D eigenvalue weighted by Crippen LogP contribution is -2.77. The molecule has 1 saturated heterocycles. The number of ether oxygens (including phenoxy) is 3. The van der Waals surface area contributed by atoms with Crippen LogP contribution in [0.25, 0.3) is 0 Å². The number of carbonyl (C=O) groups is 3. The lowest BCUT2D eigenvalue weighted by atomic mass is 9.45. The van der Waals surface area contributed by atoms with Crippen LogP contribution >= 0.6 is 0 Å². The van der Waals surface area contributed by atoms with Gasteiger partial charge >= 0.3 is 12.1 Å². The molecule has 2 bridgehead atoms. The van der Waals surface area contributed by atoms with Gasteiger partial charge in [0.1, 0.15) is 11.7 Å². The van der Waals surface area contributed by atoms with Gasteiger partial charge in [0.2, 0.25) is 0 Å². The largest absolute Gasteiger partial charge is 0.509 e. The maximum absolute atomic E-state index is 16.4. The van der Waals surface area contributed by atoms with Gasteiger partial charge in [-0.3, -0.25) is 9.59 Å². The first-order valence-corrected chi connectivity index (χ1v) is 28.8. The van der Waals surface area contributed by atoms with Gasteiger partial charge in [-0.15, -0.1) is 0 Å². The number of ketones is 1. The Morgan fingerprint density at radius 3 is 1.70 bits per heavy atom. The number of fused-ring (bicyclic) bond motifs is 3. The van der Waals surface area contributed by atoms with Gasteiger partial charge in [0, 0.05) is 25.2 Å². The molecule has 0 aromatic rings. The monoisotopic (exact) mass is 810 g/mol. The molecule has 1 heterocycles. The molecule has 54 heavy (non-hydrogen) atoms. The van der Waals surface area contributed by atoms with Crippen LogP contribution in [0.5, 0.6) is 0 Å². The zero-order valence-electron chi connectivity index (χ0n) is 36.4. The van der Waals surface area contributed by atoms with Crippen molar-refractivity contribution < 1.29 is 47.0 Å². The number of hydrogen-bond donors (Lipinski definition) is 1. The van der Waals surface area contributed by atoms with E-state index in [0.29, 0.717) is 6.42 Å². The molecule has 10 nitrogen and oxygen atoms in total. The Kier molecular flexibility index (Phi) is 13.5. The molecule has 0 amide bonds. The Balaban J connectivity index is 2.22. The number of Topliss-reactive ketones (excluding diaryl/α,β-unsaturated/α-hetero) is 1. The summed E-state index contributed by atoms with van der Waals surface area (Å²) in [5.41, 5.74) is -3.67. The summed E-state index contributed by atoms with van der Waals surface area (Å²) in [5.74, 6) is -1.82. The maximum Gasteiger partial charge on any atom is 0.509 e. The SMILES string of the molecule is CC[Si](CC)(CC)O[C@H]1C(=O)[C@]2(C)[C@@H](O[Si](CC)(CC)CC)C[C@H](O)[C@](C)(OC(C)=O)[C@H]2[C@@H]2OC(=O)O[C@]23C[C@H](O[Si](CC)(CC)CC)C(C)=C1C3(C)C. The Morgan fingerprint density at radius 1 is 0.778 bits per heavy atom. The average molecular weight is 811 g/mol. The smallest absolute Gasteiger partial charge is 0.456 e. The summed E-state index contributed by atoms with van der Waals surface area (Å²) in [5, 5.41) is 12.3. The second-order valence-electron chi connectivity index (χ2n) is 17.8. The van der Waals surface area contributed by atoms with E-state index in [1.807, 2.05) is 20.8 Å². The van der Waals surface area contributed by atoms with Crippen molar-refractivity contribution >= 4 is 42.9 Å². The number of carbonyl (C=O) groups excluding carboxylic acids is 3. The van der Waals surface area contributed by atoms with E-state index >= 15 is 4.79 Å². The Labute approximate surface area is 329 Å². The first-order valence-electron chi connectivity index (χ1n) is 21.2. The van der Waals surface area contributed by atoms with Gasteiger partial charge in [-0.2, -0.15) is 0 Å². The molecule has 1 aliphatic heterocycles. The predicted octanol–water partition coefficient (Wildman–Crippen LogP) is 9.47. The van der Waals surface area contributed by atoms with Crippen molar-refractivity contribution in [2.75, 3.05) is 0 Å². The standard InChI is InChI=1S/C41H74O10Si3/c1-16-52(17-2,18-3)49-29-26-41-36(46-37(45)48-41)34-39(14,31(50-53(19-4,20-5)21-6)25-30(43)40(34,15)47-28(11)42)35(44)33(32(27(29)10)38(41,12)13)51-54(22-7,23-8)24-9/h29-31,33-34,36,43H,16-26H2,1-15H3/t29-,30-,31-,33+,34-,36-,39+,40-,41+/m0/s1. The van der Waals surface area contributed by atoms with Crippen LogP contribution in [0.3, 0.4) is 0 Å². The second-order valence-corrected chi connectivity index (χ2v) is 32.0. The minimum atomic E-state index is -2.52. The average Bonchev–Trinajstić information content (AvgIpc) is 3.47. The van der Waals surface area contributed by atoms with E-state index in [-0.39, 0.29) is 12.2 Å². The van der Waals surface area contributed by atoms with Gasteiger partial charge in [0.15, 0.2) is 42.4 Å². The topological polar surface area (TPSA) is 127 Å². The second kappa shape index (κ2) is 16.1. The Bertz CT molecular complexity index is 1410. The first-order chi connectivity index (χ1) is 25.2. The highest BCUT2D eigenvalue weighted by Gasteiger charge is 2.78. The molecule has 9 atom stereocenters. The zero-order chi connectivity index (χ0) is 40.9. The molecular weight excluding hydrogens is 737 g/mol. The van der Waals surface area contributed by atoms with Crippen LogP contribution < -0.4 is 0 Å². The summed E-state index contributed by atoms with van der Waals surface area (Å²) < 4.78 is 41.5. The van der Waals surface area contributed by atoms with E-state index in [4.69, 9.17) is 27.5 Å². The summed E-state index contributed by atoms with van der Waals surface area (Å²) in [6, 6.07) is 7.71. The van der Waals surface area contributed by atoms with E-state index < -0.39 is 95.5 Å². The fraction of sp³-hybridized carbons (Fsp3) is 0.878. The third-order valence-electron chi connectivity index (χ3n) is 15.8. The highest BCUT2D eigenvalue weighted by atomic mass is 28.4. The Morgan fingerprint density at radius 2 is 1.24 bits per heavy atom. The molecule has 0 aromatic heterocycles. The fourth-order valence-electron chi connectivity index (χ4n) is 11.3. The third kappa shape index (κ3) is 6.88. The summed E-state index contributed by atoms with van der Waals surface area (Å²) in [4.78, 5) is 43.5. The molecule has 310 valence electrons. The molecule has 0 aromatic carbocycles. The van der Waals surface area contributed by atoms with Crippen molar-refractivity contribution in [3.8, 4) is 0 Å². The van der Waals surface area contributed by atoms with Gasteiger partial charge in [-0.25, -0.2) is 4.79 Å². The normalized spacial score (nSPS) is 35.4. The quantitative estimate of drug-likeness (QED) is 0.0915. The Hall–Kier alpha value is -1.36. The molecule has 13 heteroatoms. The molecule has 1 spiro atoms. The molecule has 3 aliphatic carbocycles. The van der Waals surface area contributed by atoms with Crippen LogP contribution in [0.2, 0.25) is 54.4 Å². The first kappa shape index (κ1) is 45.3. The van der Waals surface area contributed by atoms with Crippen molar-refractivity contribution in [3.63, 3.8) is 0 Å². The minimum absolute atomic E-state index is 0.0706. The van der Waals surface area contributed by atoms with Gasteiger partial charge in [0.25, 0.3) is 0 Å². The zero-order valence-corrected chi connectivity index (χ0v) is 39.4. The van der Waals surface area contributed by atoms with Crippen LogP contribution in [-0.4, -0.2) is 89.7 Å². The van der Waals surface area contributed by atoms with Crippen LogP contribution in [-0.2, 0) is 37.1 Å². The van der Waals surface area contributed by atoms with Crippen LogP contribution in [0.15, 0.2) is 11.1 Å². The summed E-state index contributed by atoms with van der Waals surface area (Å²) in [6.45, 7) is 30.6. The van der Waals surface area contributed by atoms with Gasteiger partial charge in [-0.1, -0.05) is 76.2 Å². The van der Waals surface area contributed by atoms with E-state index in [1.165, 1.54) is 6.92 Å². The van der Waals surface area contributed by atoms with Crippen molar-refractivity contribution in [2.24, 2.45) is 16.7 Å². The summed E-state index contributed by atoms with van der Waals surface area (Å²) in [7, 11) is -7.20. The lowest BCUT2D eigenvalue weighted by molar-refractivity contribution is -0.256. The van der Waals surface area contributed by atoms with E-state index in [1.54, 1.807) is 6.92 Å². The molecule has 0 unspecified atom stereocenters. The number of rotatable bonds is 16. The molecule has 3 fully saturated rings. The van der Waals surface area contributed by atoms with Crippen molar-refractivity contribution in [1.82, 2.24) is 0 Å². The van der Waals surface area contributed by atoms with E-state index in [2.05, 4.69) is 69.2 Å². The number of aliphatic hydroxyl groups excluding tert-OH is 1. The molecule has 4 aliphatic rings. The highest BCUT2D eigenvalue weighted by Crippen LogP contribution is 2.66. The molecule has 4 rings (SSSR count). The number of aliphatic hydroxyl groups is 1. The summed E-state index contributed by atoms with van der Waals surface area (Å²) >= 11 is 0. The van der Waals surface area contributed by atoms with Crippen LogP contribution in [0.1, 0.15) is 117 Å². The van der Waals surface area contributed by atoms with Crippen LogP contribution in [0, 0.1) is 16.7 Å². The minimum Gasteiger partial charge on any atom is -0.456 e. The van der Waals surface area contributed by atoms with E-state index in [9.17, 15) is 14.7 Å².